The van der Waals surface area contributed by atoms with Crippen LogP contribution in [0.15, 0.2) is 54.3 Å². The van der Waals surface area contributed by atoms with Crippen molar-refractivity contribution in [2.24, 2.45) is 0 Å². The highest BCUT2D eigenvalue weighted by molar-refractivity contribution is 7.20. The van der Waals surface area contributed by atoms with Gasteiger partial charge in [-0.3, -0.25) is 0 Å². The minimum absolute atomic E-state index is 0.711. The molecule has 3 heterocycles. The number of aromatic nitrogens is 3. The van der Waals surface area contributed by atoms with Gasteiger partial charge in [-0.05, 0) is 62.7 Å². The smallest absolute Gasteiger partial charge is 0.151 e. The van der Waals surface area contributed by atoms with Crippen LogP contribution in [-0.2, 0) is 0 Å². The SMILES string of the molecule is Cc1cc(Nc2ncnc3cc(C#CC(C)(C)O)sc23)ccc1Oc1ccc2scnc2c1. The van der Waals surface area contributed by atoms with Crippen molar-refractivity contribution in [1.82, 2.24) is 15.0 Å². The summed E-state index contributed by atoms with van der Waals surface area (Å²) in [6.45, 7) is 5.33. The first-order valence-electron chi connectivity index (χ1n) is 10.2. The molecule has 0 spiro atoms. The number of anilines is 2. The van der Waals surface area contributed by atoms with Gasteiger partial charge in [0.2, 0.25) is 0 Å². The van der Waals surface area contributed by atoms with Crippen molar-refractivity contribution >= 4 is 54.6 Å². The molecule has 0 bridgehead atoms. The van der Waals surface area contributed by atoms with E-state index < -0.39 is 5.60 Å². The predicted octanol–water partition coefficient (Wildman–Crippen LogP) is 6.27. The molecule has 0 saturated heterocycles. The van der Waals surface area contributed by atoms with Crippen LogP contribution in [0, 0.1) is 18.8 Å². The number of thiazole rings is 1. The third-order valence-corrected chi connectivity index (χ3v) is 6.63. The van der Waals surface area contributed by atoms with Gasteiger partial charge in [0.05, 0.1) is 30.8 Å². The van der Waals surface area contributed by atoms with Gasteiger partial charge in [0, 0.05) is 11.8 Å². The topological polar surface area (TPSA) is 80.2 Å². The van der Waals surface area contributed by atoms with Crippen LogP contribution in [0.2, 0.25) is 0 Å². The first-order valence-corrected chi connectivity index (χ1v) is 11.9. The third-order valence-electron chi connectivity index (χ3n) is 4.77. The van der Waals surface area contributed by atoms with Gasteiger partial charge in [-0.2, -0.15) is 0 Å². The molecule has 8 heteroatoms. The summed E-state index contributed by atoms with van der Waals surface area (Å²) in [5.41, 5.74) is 4.42. The van der Waals surface area contributed by atoms with E-state index in [1.807, 2.05) is 54.9 Å². The monoisotopic (exact) mass is 472 g/mol. The molecule has 6 nitrogen and oxygen atoms in total. The van der Waals surface area contributed by atoms with Crippen molar-refractivity contribution < 1.29 is 9.84 Å². The Bertz CT molecular complexity index is 1540. The Morgan fingerprint density at radius 2 is 1.91 bits per heavy atom. The van der Waals surface area contributed by atoms with Crippen LogP contribution in [0.25, 0.3) is 20.4 Å². The average Bonchev–Trinajstić information content (AvgIpc) is 3.40. The normalized spacial score (nSPS) is 11.4. The number of nitrogens with one attached hydrogen (secondary N) is 1. The number of hydrogen-bond donors (Lipinski definition) is 2. The number of nitrogens with zero attached hydrogens (tertiary/aromatic N) is 3. The Kier molecular flexibility index (Phi) is 5.46. The summed E-state index contributed by atoms with van der Waals surface area (Å²) >= 11 is 3.10. The van der Waals surface area contributed by atoms with E-state index in [1.165, 1.54) is 17.7 Å². The fourth-order valence-electron chi connectivity index (χ4n) is 3.23. The molecule has 33 heavy (non-hydrogen) atoms. The second-order valence-electron chi connectivity index (χ2n) is 8.05. The molecule has 0 aliphatic carbocycles. The fourth-order valence-corrected chi connectivity index (χ4v) is 4.79. The molecule has 0 atom stereocenters. The van der Waals surface area contributed by atoms with Gasteiger partial charge in [0.25, 0.3) is 0 Å². The van der Waals surface area contributed by atoms with Crippen LogP contribution in [0.4, 0.5) is 11.5 Å². The van der Waals surface area contributed by atoms with E-state index in [2.05, 4.69) is 32.1 Å². The highest BCUT2D eigenvalue weighted by Gasteiger charge is 2.11. The molecular formula is C25H20N4O2S2. The van der Waals surface area contributed by atoms with E-state index in [1.54, 1.807) is 25.2 Å². The number of hydrogen-bond acceptors (Lipinski definition) is 8. The van der Waals surface area contributed by atoms with E-state index >= 15 is 0 Å². The first-order chi connectivity index (χ1) is 15.8. The van der Waals surface area contributed by atoms with Gasteiger partial charge in [-0.25, -0.2) is 15.0 Å². The summed E-state index contributed by atoms with van der Waals surface area (Å²) in [6.07, 6.45) is 1.53. The predicted molar refractivity (Wildman–Crippen MR) is 135 cm³/mol. The van der Waals surface area contributed by atoms with E-state index in [0.29, 0.717) is 5.82 Å². The Morgan fingerprint density at radius 1 is 1.03 bits per heavy atom. The quantitative estimate of drug-likeness (QED) is 0.300. The Labute approximate surface area is 198 Å². The van der Waals surface area contributed by atoms with E-state index in [0.717, 1.165) is 48.1 Å². The standard InChI is InChI=1S/C25H20N4O2S2/c1-15-10-16(4-6-21(15)31-17-5-7-22-19(11-17)28-14-32-22)29-24-23-20(26-13-27-24)12-18(33-23)8-9-25(2,3)30/h4-7,10-14,30H,1-3H3,(H,26,27,29). The molecular weight excluding hydrogens is 452 g/mol. The third kappa shape index (κ3) is 4.81. The van der Waals surface area contributed by atoms with E-state index in [9.17, 15) is 5.11 Å². The molecule has 0 amide bonds. The van der Waals surface area contributed by atoms with Gasteiger partial charge in [-0.1, -0.05) is 11.8 Å². The number of rotatable bonds is 4. The zero-order valence-corrected chi connectivity index (χ0v) is 19.8. The van der Waals surface area contributed by atoms with E-state index in [4.69, 9.17) is 4.74 Å². The molecule has 0 aliphatic heterocycles. The zero-order valence-electron chi connectivity index (χ0n) is 18.2. The fraction of sp³-hybridized carbons (Fsp3) is 0.160. The molecule has 5 rings (SSSR count). The van der Waals surface area contributed by atoms with Crippen LogP contribution >= 0.6 is 22.7 Å². The number of aryl methyl sites for hydroxylation is 1. The molecule has 0 radical (unpaired) electrons. The van der Waals surface area contributed by atoms with E-state index in [-0.39, 0.29) is 0 Å². The molecule has 0 fully saturated rings. The lowest BCUT2D eigenvalue weighted by Gasteiger charge is -2.12. The van der Waals surface area contributed by atoms with Gasteiger partial charge in [0.15, 0.2) is 5.82 Å². The largest absolute Gasteiger partial charge is 0.457 e. The van der Waals surface area contributed by atoms with Gasteiger partial charge in [0.1, 0.15) is 23.4 Å². The maximum atomic E-state index is 9.86. The van der Waals surface area contributed by atoms with Crippen LogP contribution in [0.1, 0.15) is 24.3 Å². The van der Waals surface area contributed by atoms with Gasteiger partial charge < -0.3 is 15.2 Å². The maximum Gasteiger partial charge on any atom is 0.151 e. The van der Waals surface area contributed by atoms with Gasteiger partial charge in [-0.15, -0.1) is 22.7 Å². The molecule has 2 N–H and O–H groups in total. The number of ether oxygens (including phenoxy) is 1. The lowest BCUT2D eigenvalue weighted by Crippen LogP contribution is -2.14. The number of thiophene rings is 1. The molecule has 2 aromatic carbocycles. The van der Waals surface area contributed by atoms with Crippen LogP contribution in [0.5, 0.6) is 11.5 Å². The van der Waals surface area contributed by atoms with Gasteiger partial charge >= 0.3 is 0 Å². The molecule has 0 saturated carbocycles. The van der Waals surface area contributed by atoms with Crippen molar-refractivity contribution in [2.75, 3.05) is 5.32 Å². The highest BCUT2D eigenvalue weighted by atomic mass is 32.1. The van der Waals surface area contributed by atoms with Crippen molar-refractivity contribution in [3.63, 3.8) is 0 Å². The summed E-state index contributed by atoms with van der Waals surface area (Å²) in [5.74, 6) is 8.11. The van der Waals surface area contributed by atoms with Crippen LogP contribution < -0.4 is 10.1 Å². The Morgan fingerprint density at radius 3 is 2.73 bits per heavy atom. The summed E-state index contributed by atoms with van der Waals surface area (Å²) in [5, 5.41) is 13.2. The minimum Gasteiger partial charge on any atom is -0.457 e. The second kappa shape index (κ2) is 8.45. The van der Waals surface area contributed by atoms with Crippen molar-refractivity contribution in [3.05, 3.63) is 64.7 Å². The summed E-state index contributed by atoms with van der Waals surface area (Å²) < 4.78 is 8.14. The van der Waals surface area contributed by atoms with Crippen molar-refractivity contribution in [1.29, 1.82) is 0 Å². The summed E-state index contributed by atoms with van der Waals surface area (Å²) in [7, 11) is 0. The highest BCUT2D eigenvalue weighted by Crippen LogP contribution is 2.33. The molecule has 0 unspecified atom stereocenters. The molecule has 164 valence electrons. The number of fused-ring (bicyclic) bond motifs is 2. The second-order valence-corrected chi connectivity index (χ2v) is 9.98. The van der Waals surface area contributed by atoms with Crippen LogP contribution in [-0.4, -0.2) is 25.7 Å². The molecule has 3 aromatic heterocycles. The lowest BCUT2D eigenvalue weighted by molar-refractivity contribution is 0.143. The lowest BCUT2D eigenvalue weighted by atomic mass is 10.1. The average molecular weight is 473 g/mol. The van der Waals surface area contributed by atoms with Crippen molar-refractivity contribution in [3.8, 4) is 23.3 Å². The zero-order chi connectivity index (χ0) is 23.0. The number of benzene rings is 2. The summed E-state index contributed by atoms with van der Waals surface area (Å²) in [6, 6.07) is 13.8. The summed E-state index contributed by atoms with van der Waals surface area (Å²) in [4.78, 5) is 13.9. The van der Waals surface area contributed by atoms with Crippen LogP contribution in [0.3, 0.4) is 0 Å². The molecule has 5 aromatic rings. The number of aliphatic hydroxyl groups is 1. The first kappa shape index (κ1) is 21.3. The Balaban J connectivity index is 1.38. The Hall–Kier alpha value is -3.51. The van der Waals surface area contributed by atoms with Crippen molar-refractivity contribution in [2.45, 2.75) is 26.4 Å². The minimum atomic E-state index is -1.05. The molecule has 0 aliphatic rings. The maximum absolute atomic E-state index is 9.86.